The van der Waals surface area contributed by atoms with Gasteiger partial charge >= 0.3 is 0 Å². The summed E-state index contributed by atoms with van der Waals surface area (Å²) in [5, 5.41) is 11.3. The highest BCUT2D eigenvalue weighted by Crippen LogP contribution is 2.39. The number of benzene rings is 2. The van der Waals surface area contributed by atoms with Crippen molar-refractivity contribution in [2.45, 2.75) is 19.4 Å². The number of aromatic hydroxyl groups is 1. The van der Waals surface area contributed by atoms with Crippen molar-refractivity contribution < 1.29 is 19.1 Å². The minimum atomic E-state index is -0.412. The van der Waals surface area contributed by atoms with Gasteiger partial charge in [-0.1, -0.05) is 12.1 Å². The fraction of sp³-hybridized carbons (Fsp3) is 0.190. The van der Waals surface area contributed by atoms with Crippen molar-refractivity contribution in [2.75, 3.05) is 7.05 Å². The van der Waals surface area contributed by atoms with Crippen molar-refractivity contribution in [3.05, 3.63) is 70.2 Å². The Morgan fingerprint density at radius 2 is 2.03 bits per heavy atom. The predicted molar refractivity (Wildman–Crippen MR) is 104 cm³/mol. The molecule has 2 aromatic carbocycles. The fourth-order valence-corrected chi connectivity index (χ4v) is 3.75. The van der Waals surface area contributed by atoms with Crippen LogP contribution in [0.2, 0.25) is 0 Å². The Balaban J connectivity index is 1.88. The largest absolute Gasteiger partial charge is 0.505 e. The summed E-state index contributed by atoms with van der Waals surface area (Å²) in [6.07, 6.45) is 2.06. The second-order valence-corrected chi connectivity index (χ2v) is 7.13. The predicted octanol–water partition coefficient (Wildman–Crippen LogP) is 1.79. The van der Waals surface area contributed by atoms with Gasteiger partial charge in [-0.25, -0.2) is 10.2 Å². The first kappa shape index (κ1) is 18.8. The maximum atomic E-state index is 13.2. The maximum Gasteiger partial charge on any atom is 0.258 e. The SMILES string of the molecule is CN1Cc2c(c(O)c3ncc(Cc4ccc(F)cc4)cc3c2CC(=O)NN)C1=O. The van der Waals surface area contributed by atoms with Crippen molar-refractivity contribution in [3.8, 4) is 5.75 Å². The number of phenolic OH excluding ortho intramolecular Hbond substituents is 1. The Bertz CT molecular complexity index is 1150. The zero-order chi connectivity index (χ0) is 20.7. The van der Waals surface area contributed by atoms with E-state index in [-0.39, 0.29) is 41.5 Å². The van der Waals surface area contributed by atoms with E-state index < -0.39 is 5.91 Å². The van der Waals surface area contributed by atoms with E-state index in [2.05, 4.69) is 10.4 Å². The van der Waals surface area contributed by atoms with Crippen LogP contribution >= 0.6 is 0 Å². The fourth-order valence-electron chi connectivity index (χ4n) is 3.75. The summed E-state index contributed by atoms with van der Waals surface area (Å²) in [5.41, 5.74) is 5.49. The van der Waals surface area contributed by atoms with E-state index in [0.29, 0.717) is 22.9 Å². The number of phenols is 1. The Labute approximate surface area is 165 Å². The van der Waals surface area contributed by atoms with Gasteiger partial charge in [-0.05, 0) is 46.9 Å². The van der Waals surface area contributed by atoms with Gasteiger partial charge in [0.05, 0.1) is 12.0 Å². The molecular formula is C21H19FN4O3. The third kappa shape index (κ3) is 3.27. The number of nitrogens with one attached hydrogen (secondary N) is 1. The van der Waals surface area contributed by atoms with Gasteiger partial charge in [0.25, 0.3) is 5.91 Å². The molecule has 0 saturated carbocycles. The molecule has 2 heterocycles. The summed E-state index contributed by atoms with van der Waals surface area (Å²) in [6, 6.07) is 8.00. The summed E-state index contributed by atoms with van der Waals surface area (Å²) >= 11 is 0. The molecule has 8 heteroatoms. The summed E-state index contributed by atoms with van der Waals surface area (Å²) < 4.78 is 13.2. The topological polar surface area (TPSA) is 109 Å². The van der Waals surface area contributed by atoms with Crippen LogP contribution in [0.15, 0.2) is 36.5 Å². The van der Waals surface area contributed by atoms with Crippen LogP contribution in [0.25, 0.3) is 10.9 Å². The number of carbonyl (C=O) groups excluding carboxylic acids is 2. The number of amides is 2. The van der Waals surface area contributed by atoms with E-state index in [4.69, 9.17) is 5.84 Å². The van der Waals surface area contributed by atoms with Gasteiger partial charge in [0.1, 0.15) is 11.3 Å². The molecule has 1 aromatic heterocycles. The summed E-state index contributed by atoms with van der Waals surface area (Å²) in [6.45, 7) is 0.285. The number of hydrazine groups is 1. The van der Waals surface area contributed by atoms with Gasteiger partial charge < -0.3 is 10.0 Å². The van der Waals surface area contributed by atoms with Gasteiger partial charge in [-0.3, -0.25) is 20.0 Å². The third-order valence-corrected chi connectivity index (χ3v) is 5.17. The standard InChI is InChI=1S/C21H19FN4O3/c1-26-10-16-14(8-17(27)25-23)15-7-12(6-11-2-4-13(22)5-3-11)9-24-19(15)20(28)18(16)21(26)29/h2-5,7,9,28H,6,8,10,23H2,1H3,(H,25,27). The molecule has 0 unspecified atom stereocenters. The molecule has 1 aliphatic heterocycles. The summed E-state index contributed by atoms with van der Waals surface area (Å²) in [7, 11) is 1.63. The molecule has 0 atom stereocenters. The van der Waals surface area contributed by atoms with Crippen LogP contribution in [-0.4, -0.2) is 33.9 Å². The molecule has 4 N–H and O–H groups in total. The van der Waals surface area contributed by atoms with E-state index >= 15 is 0 Å². The first-order valence-electron chi connectivity index (χ1n) is 9.03. The van der Waals surface area contributed by atoms with Crippen LogP contribution in [0, 0.1) is 5.82 Å². The lowest BCUT2D eigenvalue weighted by Gasteiger charge is -2.14. The molecule has 148 valence electrons. The molecule has 0 spiro atoms. The minimum absolute atomic E-state index is 0.0432. The maximum absolute atomic E-state index is 13.2. The van der Waals surface area contributed by atoms with Crippen LogP contribution in [0.5, 0.6) is 5.75 Å². The number of hydrogen-bond acceptors (Lipinski definition) is 5. The molecule has 29 heavy (non-hydrogen) atoms. The van der Waals surface area contributed by atoms with Crippen molar-refractivity contribution in [1.29, 1.82) is 0 Å². The molecule has 7 nitrogen and oxygen atoms in total. The first-order valence-corrected chi connectivity index (χ1v) is 9.03. The number of pyridine rings is 1. The van der Waals surface area contributed by atoms with E-state index in [9.17, 15) is 19.1 Å². The Hall–Kier alpha value is -3.52. The number of nitrogens with zero attached hydrogens (tertiary/aromatic N) is 2. The molecule has 0 aliphatic carbocycles. The monoisotopic (exact) mass is 394 g/mol. The van der Waals surface area contributed by atoms with Gasteiger partial charge in [-0.2, -0.15) is 0 Å². The third-order valence-electron chi connectivity index (χ3n) is 5.17. The molecule has 0 radical (unpaired) electrons. The van der Waals surface area contributed by atoms with Crippen LogP contribution in [-0.2, 0) is 24.2 Å². The van der Waals surface area contributed by atoms with E-state index in [1.807, 2.05) is 6.07 Å². The number of fused-ring (bicyclic) bond motifs is 2. The van der Waals surface area contributed by atoms with E-state index in [1.165, 1.54) is 17.0 Å². The summed E-state index contributed by atoms with van der Waals surface area (Å²) in [4.78, 5) is 30.4. The van der Waals surface area contributed by atoms with Gasteiger partial charge in [0, 0.05) is 25.2 Å². The second-order valence-electron chi connectivity index (χ2n) is 7.13. The highest BCUT2D eigenvalue weighted by Gasteiger charge is 2.33. The number of carbonyl (C=O) groups is 2. The van der Waals surface area contributed by atoms with Crippen molar-refractivity contribution in [1.82, 2.24) is 15.3 Å². The molecule has 2 amide bonds. The lowest BCUT2D eigenvalue weighted by Crippen LogP contribution is -2.31. The quantitative estimate of drug-likeness (QED) is 0.355. The van der Waals surface area contributed by atoms with Crippen LogP contribution in [0.1, 0.15) is 32.6 Å². The Morgan fingerprint density at radius 3 is 2.72 bits per heavy atom. The number of nitrogens with two attached hydrogens (primary N) is 1. The molecule has 4 rings (SSSR count). The smallest absolute Gasteiger partial charge is 0.258 e. The summed E-state index contributed by atoms with van der Waals surface area (Å²) in [5.74, 6) is 4.04. The van der Waals surface area contributed by atoms with Crippen LogP contribution in [0.3, 0.4) is 0 Å². The van der Waals surface area contributed by atoms with E-state index in [0.717, 1.165) is 11.1 Å². The average Bonchev–Trinajstić information content (AvgIpc) is 3.01. The minimum Gasteiger partial charge on any atom is -0.505 e. The number of halogens is 1. The molecule has 0 saturated heterocycles. The van der Waals surface area contributed by atoms with Crippen LogP contribution < -0.4 is 11.3 Å². The number of hydrogen-bond donors (Lipinski definition) is 3. The molecule has 1 aliphatic rings. The number of aromatic nitrogens is 1. The lowest BCUT2D eigenvalue weighted by atomic mass is 9.93. The highest BCUT2D eigenvalue weighted by molar-refractivity contribution is 6.08. The van der Waals surface area contributed by atoms with Gasteiger partial charge in [-0.15, -0.1) is 0 Å². The molecule has 3 aromatic rings. The van der Waals surface area contributed by atoms with Crippen molar-refractivity contribution in [3.63, 3.8) is 0 Å². The van der Waals surface area contributed by atoms with Gasteiger partial charge in [0.2, 0.25) is 5.91 Å². The average molecular weight is 394 g/mol. The van der Waals surface area contributed by atoms with Gasteiger partial charge in [0.15, 0.2) is 5.75 Å². The molecule has 0 bridgehead atoms. The van der Waals surface area contributed by atoms with Crippen molar-refractivity contribution >= 4 is 22.7 Å². The number of rotatable bonds is 4. The normalized spacial score (nSPS) is 13.1. The lowest BCUT2D eigenvalue weighted by molar-refractivity contribution is -0.120. The van der Waals surface area contributed by atoms with Crippen LogP contribution in [0.4, 0.5) is 4.39 Å². The second kappa shape index (κ2) is 7.14. The zero-order valence-electron chi connectivity index (χ0n) is 15.7. The Morgan fingerprint density at radius 1 is 1.31 bits per heavy atom. The first-order chi connectivity index (χ1) is 13.9. The van der Waals surface area contributed by atoms with E-state index in [1.54, 1.807) is 25.4 Å². The van der Waals surface area contributed by atoms with Crippen molar-refractivity contribution in [2.24, 2.45) is 5.84 Å². The molecular weight excluding hydrogens is 375 g/mol. The zero-order valence-corrected chi connectivity index (χ0v) is 15.7. The molecule has 0 fully saturated rings. The highest BCUT2D eigenvalue weighted by atomic mass is 19.1. The Kier molecular flexibility index (Phi) is 4.63.